The molecule has 2 atom stereocenters. The molecule has 6 heteroatoms. The van der Waals surface area contributed by atoms with Gasteiger partial charge in [-0.25, -0.2) is 9.59 Å². The second-order valence-corrected chi connectivity index (χ2v) is 3.97. The normalized spacial score (nSPS) is 18.3. The van der Waals surface area contributed by atoms with Gasteiger partial charge in [-0.05, 0) is 19.1 Å². The summed E-state index contributed by atoms with van der Waals surface area (Å²) in [4.78, 5) is 23.0. The van der Waals surface area contributed by atoms with Crippen molar-refractivity contribution in [1.82, 2.24) is 0 Å². The monoisotopic (exact) mass is 266 g/mol. The van der Waals surface area contributed by atoms with E-state index in [1.54, 1.807) is 24.3 Å². The summed E-state index contributed by atoms with van der Waals surface area (Å²) in [6.07, 6.45) is -1.86. The average Bonchev–Trinajstić information content (AvgIpc) is 2.45. The van der Waals surface area contributed by atoms with Gasteiger partial charge in [0.1, 0.15) is 6.61 Å². The summed E-state index contributed by atoms with van der Waals surface area (Å²) in [5, 5.41) is 0. The highest BCUT2D eigenvalue weighted by Gasteiger charge is 2.31. The molecule has 1 aromatic rings. The quantitative estimate of drug-likeness (QED) is 0.758. The molecule has 102 valence electrons. The van der Waals surface area contributed by atoms with Crippen molar-refractivity contribution in [3.8, 4) is 11.5 Å². The molecule has 0 spiro atoms. The first-order chi connectivity index (χ1) is 9.11. The molecule has 6 nitrogen and oxygen atoms in total. The molecular formula is C13H14O6. The van der Waals surface area contributed by atoms with Crippen LogP contribution < -0.4 is 9.47 Å². The Morgan fingerprint density at radius 2 is 2.00 bits per heavy atom. The second-order valence-electron chi connectivity index (χ2n) is 3.97. The number of esters is 2. The van der Waals surface area contributed by atoms with Crippen molar-refractivity contribution in [3.05, 3.63) is 24.3 Å². The Morgan fingerprint density at radius 3 is 2.68 bits per heavy atom. The summed E-state index contributed by atoms with van der Waals surface area (Å²) in [5.41, 5.74) is 0. The average molecular weight is 266 g/mol. The van der Waals surface area contributed by atoms with E-state index in [9.17, 15) is 9.59 Å². The first-order valence-corrected chi connectivity index (χ1v) is 5.78. The van der Waals surface area contributed by atoms with Crippen molar-refractivity contribution in [3.63, 3.8) is 0 Å². The Balaban J connectivity index is 1.97. The van der Waals surface area contributed by atoms with Gasteiger partial charge in [0.2, 0.25) is 6.10 Å². The summed E-state index contributed by atoms with van der Waals surface area (Å²) < 4.78 is 20.2. The van der Waals surface area contributed by atoms with Gasteiger partial charge in [-0.3, -0.25) is 0 Å². The molecule has 0 radical (unpaired) electrons. The van der Waals surface area contributed by atoms with Gasteiger partial charge in [0.25, 0.3) is 0 Å². The Kier molecular flexibility index (Phi) is 3.89. The molecule has 0 unspecified atom stereocenters. The minimum absolute atomic E-state index is 0.0454. The fourth-order valence-corrected chi connectivity index (χ4v) is 1.60. The summed E-state index contributed by atoms with van der Waals surface area (Å²) in [7, 11) is 1.23. The maximum absolute atomic E-state index is 11.8. The van der Waals surface area contributed by atoms with Gasteiger partial charge < -0.3 is 18.9 Å². The molecule has 0 aromatic heterocycles. The summed E-state index contributed by atoms with van der Waals surface area (Å²) in [6, 6.07) is 7.01. The van der Waals surface area contributed by atoms with Gasteiger partial charge in [-0.2, -0.15) is 0 Å². The van der Waals surface area contributed by atoms with Crippen LogP contribution in [0, 0.1) is 0 Å². The first-order valence-electron chi connectivity index (χ1n) is 5.78. The SMILES string of the molecule is COC(=O)[C@H](C)OC(=O)[C@H]1COc2ccccc2O1. The molecular weight excluding hydrogens is 252 g/mol. The number of hydrogen-bond donors (Lipinski definition) is 0. The molecule has 0 aliphatic carbocycles. The zero-order valence-electron chi connectivity index (χ0n) is 10.6. The van der Waals surface area contributed by atoms with Gasteiger partial charge in [0, 0.05) is 0 Å². The molecule has 0 saturated carbocycles. The van der Waals surface area contributed by atoms with Crippen molar-refractivity contribution in [2.24, 2.45) is 0 Å². The van der Waals surface area contributed by atoms with Gasteiger partial charge in [0.15, 0.2) is 17.6 Å². The van der Waals surface area contributed by atoms with Crippen LogP contribution in [0.3, 0.4) is 0 Å². The van der Waals surface area contributed by atoms with Crippen LogP contribution in [-0.4, -0.2) is 37.9 Å². The van der Waals surface area contributed by atoms with E-state index in [2.05, 4.69) is 4.74 Å². The van der Waals surface area contributed by atoms with E-state index < -0.39 is 24.1 Å². The third-order valence-corrected chi connectivity index (χ3v) is 2.60. The lowest BCUT2D eigenvalue weighted by molar-refractivity contribution is -0.171. The number of fused-ring (bicyclic) bond motifs is 1. The highest BCUT2D eigenvalue weighted by Crippen LogP contribution is 2.31. The van der Waals surface area contributed by atoms with Crippen molar-refractivity contribution in [2.75, 3.05) is 13.7 Å². The Labute approximate surface area is 110 Å². The van der Waals surface area contributed by atoms with Crippen molar-refractivity contribution in [2.45, 2.75) is 19.1 Å². The highest BCUT2D eigenvalue weighted by atomic mass is 16.6. The van der Waals surface area contributed by atoms with Gasteiger partial charge in [0.05, 0.1) is 7.11 Å². The van der Waals surface area contributed by atoms with E-state index in [0.717, 1.165) is 0 Å². The molecule has 0 N–H and O–H groups in total. The highest BCUT2D eigenvalue weighted by molar-refractivity contribution is 5.81. The molecule has 2 rings (SSSR count). The number of methoxy groups -OCH3 is 1. The van der Waals surface area contributed by atoms with E-state index in [1.165, 1.54) is 14.0 Å². The topological polar surface area (TPSA) is 71.1 Å². The van der Waals surface area contributed by atoms with Crippen LogP contribution in [0.1, 0.15) is 6.92 Å². The van der Waals surface area contributed by atoms with E-state index >= 15 is 0 Å². The van der Waals surface area contributed by atoms with Crippen LogP contribution in [0.2, 0.25) is 0 Å². The van der Waals surface area contributed by atoms with Crippen LogP contribution >= 0.6 is 0 Å². The molecule has 0 saturated heterocycles. The fourth-order valence-electron chi connectivity index (χ4n) is 1.60. The number of hydrogen-bond acceptors (Lipinski definition) is 6. The minimum Gasteiger partial charge on any atom is -0.485 e. The van der Waals surface area contributed by atoms with Crippen LogP contribution in [0.4, 0.5) is 0 Å². The predicted octanol–water partition coefficient (Wildman–Crippen LogP) is 0.931. The lowest BCUT2D eigenvalue weighted by Gasteiger charge is -2.25. The summed E-state index contributed by atoms with van der Waals surface area (Å²) >= 11 is 0. The Morgan fingerprint density at radius 1 is 1.32 bits per heavy atom. The lowest BCUT2D eigenvalue weighted by Crippen LogP contribution is -2.40. The zero-order chi connectivity index (χ0) is 13.8. The maximum atomic E-state index is 11.8. The molecule has 1 aromatic carbocycles. The number of benzene rings is 1. The van der Waals surface area contributed by atoms with Crippen LogP contribution in [0.15, 0.2) is 24.3 Å². The zero-order valence-corrected chi connectivity index (χ0v) is 10.6. The second kappa shape index (κ2) is 5.60. The maximum Gasteiger partial charge on any atom is 0.351 e. The number of ether oxygens (including phenoxy) is 4. The number of rotatable bonds is 3. The number of carbonyl (C=O) groups excluding carboxylic acids is 2. The molecule has 1 heterocycles. The van der Waals surface area contributed by atoms with Crippen LogP contribution in [0.25, 0.3) is 0 Å². The van der Waals surface area contributed by atoms with Gasteiger partial charge >= 0.3 is 11.9 Å². The summed E-state index contributed by atoms with van der Waals surface area (Å²) in [6.45, 7) is 1.48. The molecule has 1 aliphatic heterocycles. The van der Waals surface area contributed by atoms with E-state index in [4.69, 9.17) is 14.2 Å². The molecule has 0 bridgehead atoms. The van der Waals surface area contributed by atoms with Gasteiger partial charge in [-0.1, -0.05) is 12.1 Å². The van der Waals surface area contributed by atoms with Crippen molar-refractivity contribution < 1.29 is 28.5 Å². The largest absolute Gasteiger partial charge is 0.485 e. The standard InChI is InChI=1S/C13H14O6/c1-8(12(14)16-2)18-13(15)11-7-17-9-5-3-4-6-10(9)19-11/h3-6,8,11H,7H2,1-2H3/t8-,11+/m0/s1. The fraction of sp³-hybridized carbons (Fsp3) is 0.385. The molecule has 19 heavy (non-hydrogen) atoms. The van der Waals surface area contributed by atoms with Crippen LogP contribution in [0.5, 0.6) is 11.5 Å². The number of para-hydroxylation sites is 2. The number of carbonyl (C=O) groups is 2. The molecule has 0 fully saturated rings. The predicted molar refractivity (Wildman–Crippen MR) is 63.9 cm³/mol. The Hall–Kier alpha value is -2.24. The Bertz CT molecular complexity index is 484. The van der Waals surface area contributed by atoms with E-state index in [1.807, 2.05) is 0 Å². The minimum atomic E-state index is -0.974. The lowest BCUT2D eigenvalue weighted by atomic mass is 10.2. The van der Waals surface area contributed by atoms with Crippen molar-refractivity contribution in [1.29, 1.82) is 0 Å². The van der Waals surface area contributed by atoms with E-state index in [-0.39, 0.29) is 6.61 Å². The molecule has 0 amide bonds. The third kappa shape index (κ3) is 2.96. The van der Waals surface area contributed by atoms with Crippen molar-refractivity contribution >= 4 is 11.9 Å². The summed E-state index contributed by atoms with van der Waals surface area (Å²) in [5.74, 6) is -0.230. The smallest absolute Gasteiger partial charge is 0.351 e. The molecule has 1 aliphatic rings. The van der Waals surface area contributed by atoms with Crippen LogP contribution in [-0.2, 0) is 19.1 Å². The third-order valence-electron chi connectivity index (χ3n) is 2.60. The van der Waals surface area contributed by atoms with E-state index in [0.29, 0.717) is 11.5 Å². The first kappa shape index (κ1) is 13.2. The van der Waals surface area contributed by atoms with Gasteiger partial charge in [-0.15, -0.1) is 0 Å².